The fourth-order valence-electron chi connectivity index (χ4n) is 2.21. The summed E-state index contributed by atoms with van der Waals surface area (Å²) in [5, 5.41) is 11.4. The molecule has 1 heterocycles. The highest BCUT2D eigenvalue weighted by Gasteiger charge is 2.11. The summed E-state index contributed by atoms with van der Waals surface area (Å²) < 4.78 is 6.57. The monoisotopic (exact) mass is 337 g/mol. The van der Waals surface area contributed by atoms with Crippen LogP contribution in [-0.4, -0.2) is 28.5 Å². The Kier molecular flexibility index (Phi) is 5.36. The van der Waals surface area contributed by atoms with E-state index in [1.807, 2.05) is 4.90 Å². The van der Waals surface area contributed by atoms with Gasteiger partial charge in [0, 0.05) is 29.3 Å². The molecule has 0 amide bonds. The molecule has 0 unspecified atom stereocenters. The minimum absolute atomic E-state index is 0.127. The van der Waals surface area contributed by atoms with Gasteiger partial charge in [-0.1, -0.05) is 11.6 Å². The highest BCUT2D eigenvalue weighted by atomic mass is 35.5. The van der Waals surface area contributed by atoms with Crippen LogP contribution < -0.4 is 10.3 Å². The van der Waals surface area contributed by atoms with Gasteiger partial charge in [-0.3, -0.25) is 24.4 Å². The van der Waals surface area contributed by atoms with Gasteiger partial charge in [0.2, 0.25) is 0 Å². The lowest BCUT2D eigenvalue weighted by Gasteiger charge is -2.19. The van der Waals surface area contributed by atoms with Crippen molar-refractivity contribution in [1.82, 2.24) is 9.47 Å². The third-order valence-corrected chi connectivity index (χ3v) is 3.49. The Hall–Kier alpha value is -2.38. The quantitative estimate of drug-likeness (QED) is 0.598. The molecule has 0 aliphatic rings. The summed E-state index contributed by atoms with van der Waals surface area (Å²) in [6, 6.07) is 7.66. The van der Waals surface area contributed by atoms with Crippen LogP contribution in [0.4, 0.5) is 5.69 Å². The van der Waals surface area contributed by atoms with E-state index in [-0.39, 0.29) is 17.9 Å². The maximum Gasteiger partial charge on any atom is 0.285 e. The van der Waals surface area contributed by atoms with E-state index in [0.29, 0.717) is 17.3 Å². The van der Waals surface area contributed by atoms with E-state index in [4.69, 9.17) is 16.3 Å². The van der Waals surface area contributed by atoms with Crippen molar-refractivity contribution in [3.8, 4) is 5.75 Å². The first kappa shape index (κ1) is 17.0. The first-order valence-corrected chi connectivity index (χ1v) is 7.14. The lowest BCUT2D eigenvalue weighted by atomic mass is 10.2. The van der Waals surface area contributed by atoms with Crippen molar-refractivity contribution in [1.29, 1.82) is 0 Å². The van der Waals surface area contributed by atoms with Crippen LogP contribution in [0, 0.1) is 10.1 Å². The van der Waals surface area contributed by atoms with Crippen molar-refractivity contribution in [2.45, 2.75) is 13.2 Å². The molecule has 0 N–H and O–H groups in total. The summed E-state index contributed by atoms with van der Waals surface area (Å²) in [6.45, 7) is 0.676. The van der Waals surface area contributed by atoms with Crippen LogP contribution in [0.15, 0.2) is 41.3 Å². The summed E-state index contributed by atoms with van der Waals surface area (Å²) in [5.74, 6) is 0.688. The lowest BCUT2D eigenvalue weighted by Crippen LogP contribution is -2.29. The van der Waals surface area contributed by atoms with Gasteiger partial charge in [0.05, 0.1) is 24.9 Å². The van der Waals surface area contributed by atoms with E-state index >= 15 is 0 Å². The van der Waals surface area contributed by atoms with Gasteiger partial charge in [0.25, 0.3) is 11.2 Å². The summed E-state index contributed by atoms with van der Waals surface area (Å²) >= 11 is 5.99. The average Bonchev–Trinajstić information content (AvgIpc) is 2.49. The van der Waals surface area contributed by atoms with Crippen molar-refractivity contribution in [3.05, 3.63) is 67.6 Å². The number of aromatic nitrogens is 1. The second kappa shape index (κ2) is 7.26. The molecule has 1 aromatic carbocycles. The van der Waals surface area contributed by atoms with Crippen LogP contribution in [0.2, 0.25) is 5.02 Å². The maximum absolute atomic E-state index is 11.8. The number of rotatable bonds is 6. The summed E-state index contributed by atoms with van der Waals surface area (Å²) in [4.78, 5) is 23.9. The third-order valence-electron chi connectivity index (χ3n) is 3.26. The average molecular weight is 338 g/mol. The van der Waals surface area contributed by atoms with E-state index in [9.17, 15) is 14.9 Å². The van der Waals surface area contributed by atoms with E-state index < -0.39 is 4.92 Å². The smallest absolute Gasteiger partial charge is 0.285 e. The Labute approximate surface area is 137 Å². The molecule has 0 bridgehead atoms. The highest BCUT2D eigenvalue weighted by molar-refractivity contribution is 6.30. The second-order valence-electron chi connectivity index (χ2n) is 5.06. The lowest BCUT2D eigenvalue weighted by molar-refractivity contribution is -0.385. The van der Waals surface area contributed by atoms with Gasteiger partial charge >= 0.3 is 0 Å². The SMILES string of the molecule is COc1ccc(Cl)cc1CN(C)Cn1cc([N+](=O)[O-])ccc1=O. The summed E-state index contributed by atoms with van der Waals surface area (Å²) in [6.07, 6.45) is 1.23. The zero-order valence-electron chi connectivity index (χ0n) is 12.7. The second-order valence-corrected chi connectivity index (χ2v) is 5.50. The molecule has 0 atom stereocenters. The highest BCUT2D eigenvalue weighted by Crippen LogP contribution is 2.23. The minimum Gasteiger partial charge on any atom is -0.496 e. The van der Waals surface area contributed by atoms with Gasteiger partial charge < -0.3 is 4.74 Å². The predicted octanol–water partition coefficient (Wildman–Crippen LogP) is 2.51. The molecule has 23 heavy (non-hydrogen) atoms. The Morgan fingerprint density at radius 1 is 1.35 bits per heavy atom. The first-order chi connectivity index (χ1) is 10.9. The molecule has 0 saturated carbocycles. The largest absolute Gasteiger partial charge is 0.496 e. The van der Waals surface area contributed by atoms with Crippen LogP contribution >= 0.6 is 11.6 Å². The summed E-state index contributed by atoms with van der Waals surface area (Å²) in [7, 11) is 3.36. The van der Waals surface area contributed by atoms with E-state index in [0.717, 1.165) is 5.56 Å². The van der Waals surface area contributed by atoms with Gasteiger partial charge in [-0.15, -0.1) is 0 Å². The molecule has 0 saturated heterocycles. The molecule has 122 valence electrons. The molecular weight excluding hydrogens is 322 g/mol. The topological polar surface area (TPSA) is 77.6 Å². The van der Waals surface area contributed by atoms with E-state index in [1.165, 1.54) is 22.9 Å². The van der Waals surface area contributed by atoms with Crippen molar-refractivity contribution in [2.75, 3.05) is 14.2 Å². The van der Waals surface area contributed by atoms with Crippen LogP contribution in [-0.2, 0) is 13.2 Å². The molecule has 8 heteroatoms. The van der Waals surface area contributed by atoms with Gasteiger partial charge in [-0.2, -0.15) is 0 Å². The van der Waals surface area contributed by atoms with Crippen LogP contribution in [0.1, 0.15) is 5.56 Å². The molecule has 7 nitrogen and oxygen atoms in total. The third kappa shape index (κ3) is 4.30. The van der Waals surface area contributed by atoms with Gasteiger partial charge in [-0.05, 0) is 25.2 Å². The fourth-order valence-corrected chi connectivity index (χ4v) is 2.40. The number of nitro groups is 1. The Morgan fingerprint density at radius 3 is 2.74 bits per heavy atom. The Morgan fingerprint density at radius 2 is 2.09 bits per heavy atom. The molecule has 0 radical (unpaired) electrons. The molecule has 0 aliphatic heterocycles. The zero-order valence-corrected chi connectivity index (χ0v) is 13.5. The normalized spacial score (nSPS) is 10.8. The summed E-state index contributed by atoms with van der Waals surface area (Å²) in [5.41, 5.74) is 0.430. The molecule has 0 fully saturated rings. The number of halogens is 1. The predicted molar refractivity (Wildman–Crippen MR) is 86.8 cm³/mol. The minimum atomic E-state index is -0.532. The number of methoxy groups -OCH3 is 1. The Balaban J connectivity index is 2.18. The molecule has 2 rings (SSSR count). The number of nitrogens with zero attached hydrogens (tertiary/aromatic N) is 3. The maximum atomic E-state index is 11.8. The number of benzene rings is 1. The van der Waals surface area contributed by atoms with Gasteiger partial charge in [0.1, 0.15) is 5.75 Å². The molecule has 1 aromatic heterocycles. The molecule has 0 spiro atoms. The van der Waals surface area contributed by atoms with Crippen molar-refractivity contribution < 1.29 is 9.66 Å². The van der Waals surface area contributed by atoms with Crippen molar-refractivity contribution >= 4 is 17.3 Å². The fraction of sp³-hybridized carbons (Fsp3) is 0.267. The molecule has 0 aliphatic carbocycles. The number of hydrogen-bond donors (Lipinski definition) is 0. The van der Waals surface area contributed by atoms with Crippen LogP contribution in [0.5, 0.6) is 5.75 Å². The van der Waals surface area contributed by atoms with E-state index in [1.54, 1.807) is 32.4 Å². The van der Waals surface area contributed by atoms with Gasteiger partial charge in [0.15, 0.2) is 0 Å². The standard InChI is InChI=1S/C15H16ClN3O4/c1-17(8-11-7-12(16)3-5-14(11)23-2)10-18-9-13(19(21)22)4-6-15(18)20/h3-7,9H,8,10H2,1-2H3. The molecule has 2 aromatic rings. The first-order valence-electron chi connectivity index (χ1n) is 6.76. The van der Waals surface area contributed by atoms with Crippen molar-refractivity contribution in [3.63, 3.8) is 0 Å². The van der Waals surface area contributed by atoms with E-state index in [2.05, 4.69) is 0 Å². The number of ether oxygens (including phenoxy) is 1. The van der Waals surface area contributed by atoms with Crippen LogP contribution in [0.3, 0.4) is 0 Å². The molecular formula is C15H16ClN3O4. The van der Waals surface area contributed by atoms with Crippen LogP contribution in [0.25, 0.3) is 0 Å². The van der Waals surface area contributed by atoms with Crippen molar-refractivity contribution in [2.24, 2.45) is 0 Å². The number of hydrogen-bond acceptors (Lipinski definition) is 5. The zero-order chi connectivity index (χ0) is 17.0. The Bertz CT molecular complexity index is 776. The number of pyridine rings is 1. The van der Waals surface area contributed by atoms with Gasteiger partial charge in [-0.25, -0.2) is 0 Å².